The topological polar surface area (TPSA) is 27.6 Å². The van der Waals surface area contributed by atoms with Crippen LogP contribution in [0.25, 0.3) is 0 Å². The minimum absolute atomic E-state index is 0.541. The van der Waals surface area contributed by atoms with Crippen LogP contribution in [-0.4, -0.2) is 23.4 Å². The normalized spacial score (nSPS) is 18.1. The summed E-state index contributed by atoms with van der Waals surface area (Å²) in [6, 6.07) is 10.2. The molecular formula is C16H21N3S. The molecule has 0 aliphatic heterocycles. The molecule has 0 radical (unpaired) electrons. The van der Waals surface area contributed by atoms with Crippen LogP contribution in [0, 0.1) is 5.92 Å². The van der Waals surface area contributed by atoms with Gasteiger partial charge >= 0.3 is 0 Å². The van der Waals surface area contributed by atoms with Gasteiger partial charge in [-0.2, -0.15) is 5.10 Å². The minimum Gasteiger partial charge on any atom is -0.357 e. The minimum atomic E-state index is 0.541. The summed E-state index contributed by atoms with van der Waals surface area (Å²) in [6.07, 6.45) is 9.89. The van der Waals surface area contributed by atoms with Crippen molar-refractivity contribution in [2.24, 2.45) is 11.0 Å². The van der Waals surface area contributed by atoms with Crippen molar-refractivity contribution in [1.82, 2.24) is 10.3 Å². The zero-order chi connectivity index (χ0) is 14.2. The number of thiocarbonyl (C=S) groups is 1. The Morgan fingerprint density at radius 1 is 1.40 bits per heavy atom. The highest BCUT2D eigenvalue weighted by atomic mass is 32.1. The summed E-state index contributed by atoms with van der Waals surface area (Å²) in [5, 5.41) is 10.0. The van der Waals surface area contributed by atoms with E-state index >= 15 is 0 Å². The Kier molecular flexibility index (Phi) is 5.74. The molecule has 1 aliphatic rings. The third kappa shape index (κ3) is 4.78. The summed E-state index contributed by atoms with van der Waals surface area (Å²) in [5.41, 5.74) is 1.21. The van der Waals surface area contributed by atoms with Crippen LogP contribution in [0.3, 0.4) is 0 Å². The molecule has 0 unspecified atom stereocenters. The summed E-state index contributed by atoms with van der Waals surface area (Å²) in [6.45, 7) is 0.728. The fourth-order valence-corrected chi connectivity index (χ4v) is 2.21. The maximum absolute atomic E-state index is 5.33. The Morgan fingerprint density at radius 3 is 2.90 bits per heavy atom. The van der Waals surface area contributed by atoms with E-state index in [0.29, 0.717) is 11.0 Å². The second kappa shape index (κ2) is 7.80. The molecule has 3 nitrogen and oxygen atoms in total. The van der Waals surface area contributed by atoms with E-state index in [1.54, 1.807) is 5.01 Å². The lowest BCUT2D eigenvalue weighted by molar-refractivity contribution is 0.519. The van der Waals surface area contributed by atoms with Gasteiger partial charge in [-0.3, -0.25) is 0 Å². The van der Waals surface area contributed by atoms with Crippen molar-refractivity contribution in [3.05, 3.63) is 48.0 Å². The van der Waals surface area contributed by atoms with E-state index < -0.39 is 0 Å². The summed E-state index contributed by atoms with van der Waals surface area (Å²) >= 11 is 5.33. The van der Waals surface area contributed by atoms with Crippen LogP contribution in [0.15, 0.2) is 47.6 Å². The molecule has 0 aromatic heterocycles. The summed E-state index contributed by atoms with van der Waals surface area (Å²) in [7, 11) is 1.88. The van der Waals surface area contributed by atoms with Crippen LogP contribution >= 0.6 is 12.2 Å². The molecule has 106 valence electrons. The average Bonchev–Trinajstić information content (AvgIpc) is 2.52. The highest BCUT2D eigenvalue weighted by Crippen LogP contribution is 2.15. The third-order valence-corrected chi connectivity index (χ3v) is 3.75. The lowest BCUT2D eigenvalue weighted by Gasteiger charge is -2.18. The SMILES string of the molecule is CN(/N=C\[C@H]1CC=CCC1)C(=S)NCc1ccccc1. The summed E-state index contributed by atoms with van der Waals surface area (Å²) < 4.78 is 0. The lowest BCUT2D eigenvalue weighted by Crippen LogP contribution is -2.33. The van der Waals surface area contributed by atoms with Crippen LogP contribution in [0.5, 0.6) is 0 Å². The molecule has 4 heteroatoms. The Balaban J connectivity index is 1.77. The van der Waals surface area contributed by atoms with Gasteiger partial charge in [0, 0.05) is 19.8 Å². The first-order valence-electron chi connectivity index (χ1n) is 7.00. The molecule has 0 heterocycles. The van der Waals surface area contributed by atoms with Crippen molar-refractivity contribution < 1.29 is 0 Å². The van der Waals surface area contributed by atoms with Gasteiger partial charge in [0.1, 0.15) is 0 Å². The van der Waals surface area contributed by atoms with E-state index in [1.807, 2.05) is 31.5 Å². The maximum Gasteiger partial charge on any atom is 0.189 e. The standard InChI is InChI=1S/C16H21N3S/c1-19(18-13-15-10-6-3-7-11-15)16(20)17-12-14-8-4-2-5-9-14/h2-6,8-9,13,15H,7,10-12H2,1H3,(H,17,20)/b18-13-/t15-/m0/s1. The number of rotatable bonds is 4. The third-order valence-electron chi connectivity index (χ3n) is 3.34. The van der Waals surface area contributed by atoms with E-state index in [4.69, 9.17) is 12.2 Å². The van der Waals surface area contributed by atoms with Crippen molar-refractivity contribution in [3.63, 3.8) is 0 Å². The van der Waals surface area contributed by atoms with E-state index in [9.17, 15) is 0 Å². The van der Waals surface area contributed by atoms with Crippen LogP contribution in [0.2, 0.25) is 0 Å². The number of hydrazone groups is 1. The largest absolute Gasteiger partial charge is 0.357 e. The number of hydrogen-bond acceptors (Lipinski definition) is 2. The first-order chi connectivity index (χ1) is 9.75. The molecule has 1 aliphatic carbocycles. The molecule has 1 N–H and O–H groups in total. The van der Waals surface area contributed by atoms with Crippen LogP contribution < -0.4 is 5.32 Å². The van der Waals surface area contributed by atoms with Gasteiger partial charge in [0.15, 0.2) is 5.11 Å². The van der Waals surface area contributed by atoms with Crippen molar-refractivity contribution in [2.75, 3.05) is 7.05 Å². The molecule has 1 aromatic carbocycles. The van der Waals surface area contributed by atoms with E-state index in [1.165, 1.54) is 12.0 Å². The quantitative estimate of drug-likeness (QED) is 0.398. The van der Waals surface area contributed by atoms with Crippen molar-refractivity contribution in [2.45, 2.75) is 25.8 Å². The van der Waals surface area contributed by atoms with Crippen LogP contribution in [-0.2, 0) is 6.54 Å². The lowest BCUT2D eigenvalue weighted by atomic mass is 9.96. The number of hydrogen-bond donors (Lipinski definition) is 1. The van der Waals surface area contributed by atoms with E-state index in [2.05, 4.69) is 34.7 Å². The molecule has 20 heavy (non-hydrogen) atoms. The van der Waals surface area contributed by atoms with E-state index in [0.717, 1.165) is 19.4 Å². The molecule has 2 rings (SSSR count). The molecule has 1 aromatic rings. The molecule has 1 atom stereocenters. The fourth-order valence-electron chi connectivity index (χ4n) is 2.09. The van der Waals surface area contributed by atoms with Gasteiger partial charge in [-0.05, 0) is 43.0 Å². The molecule has 0 bridgehead atoms. The number of allylic oxidation sites excluding steroid dienone is 2. The zero-order valence-electron chi connectivity index (χ0n) is 11.8. The second-order valence-electron chi connectivity index (χ2n) is 4.98. The fraction of sp³-hybridized carbons (Fsp3) is 0.375. The number of nitrogens with one attached hydrogen (secondary N) is 1. The molecule has 0 fully saturated rings. The zero-order valence-corrected chi connectivity index (χ0v) is 12.6. The predicted octanol–water partition coefficient (Wildman–Crippen LogP) is 3.34. The molecule has 0 spiro atoms. The summed E-state index contributed by atoms with van der Waals surface area (Å²) in [4.78, 5) is 0. The molecule has 0 amide bonds. The van der Waals surface area contributed by atoms with Gasteiger partial charge in [-0.1, -0.05) is 42.5 Å². The number of nitrogens with zero attached hydrogens (tertiary/aromatic N) is 2. The molecular weight excluding hydrogens is 266 g/mol. The first-order valence-corrected chi connectivity index (χ1v) is 7.41. The van der Waals surface area contributed by atoms with Crippen LogP contribution in [0.1, 0.15) is 24.8 Å². The van der Waals surface area contributed by atoms with Gasteiger partial charge in [0.05, 0.1) is 0 Å². The van der Waals surface area contributed by atoms with E-state index in [-0.39, 0.29) is 0 Å². The molecule has 0 saturated heterocycles. The highest BCUT2D eigenvalue weighted by Gasteiger charge is 2.08. The van der Waals surface area contributed by atoms with Gasteiger partial charge in [0.2, 0.25) is 0 Å². The second-order valence-corrected chi connectivity index (χ2v) is 5.36. The van der Waals surface area contributed by atoms with Crippen molar-refractivity contribution >= 4 is 23.5 Å². The Labute approximate surface area is 126 Å². The molecule has 0 saturated carbocycles. The van der Waals surface area contributed by atoms with Gasteiger partial charge in [0.25, 0.3) is 0 Å². The Bertz CT molecular complexity index is 482. The van der Waals surface area contributed by atoms with Crippen molar-refractivity contribution in [3.8, 4) is 0 Å². The van der Waals surface area contributed by atoms with Gasteiger partial charge < -0.3 is 5.32 Å². The highest BCUT2D eigenvalue weighted by molar-refractivity contribution is 7.80. The Morgan fingerprint density at radius 2 is 2.20 bits per heavy atom. The number of benzene rings is 1. The van der Waals surface area contributed by atoms with Crippen LogP contribution in [0.4, 0.5) is 0 Å². The Hall–Kier alpha value is -1.68. The van der Waals surface area contributed by atoms with Gasteiger partial charge in [-0.25, -0.2) is 5.01 Å². The monoisotopic (exact) mass is 287 g/mol. The predicted molar refractivity (Wildman–Crippen MR) is 88.6 cm³/mol. The first kappa shape index (κ1) is 14.7. The van der Waals surface area contributed by atoms with Crippen molar-refractivity contribution in [1.29, 1.82) is 0 Å². The van der Waals surface area contributed by atoms with Gasteiger partial charge in [-0.15, -0.1) is 0 Å². The smallest absolute Gasteiger partial charge is 0.189 e. The summed E-state index contributed by atoms with van der Waals surface area (Å²) in [5.74, 6) is 0.541. The average molecular weight is 287 g/mol. The maximum atomic E-state index is 5.33.